The Hall–Kier alpha value is -3.29. The first-order valence-electron chi connectivity index (χ1n) is 8.74. The molecule has 8 heteroatoms. The van der Waals surface area contributed by atoms with Crippen LogP contribution in [0.5, 0.6) is 0 Å². The van der Waals surface area contributed by atoms with Crippen LogP contribution in [0.3, 0.4) is 0 Å². The van der Waals surface area contributed by atoms with Gasteiger partial charge < -0.3 is 14.7 Å². The van der Waals surface area contributed by atoms with Gasteiger partial charge in [0.05, 0.1) is 5.92 Å². The van der Waals surface area contributed by atoms with Crippen LogP contribution in [0.4, 0.5) is 14.9 Å². The highest BCUT2D eigenvalue weighted by Gasteiger charge is 2.28. The molecule has 1 fully saturated rings. The van der Waals surface area contributed by atoms with Gasteiger partial charge in [-0.3, -0.25) is 4.98 Å². The first kappa shape index (κ1) is 17.1. The molecule has 1 aromatic carbocycles. The molecule has 4 rings (SSSR count). The lowest BCUT2D eigenvalue weighted by Crippen LogP contribution is -2.41. The van der Waals surface area contributed by atoms with E-state index in [0.717, 1.165) is 12.8 Å². The predicted octanol–water partition coefficient (Wildman–Crippen LogP) is 3.68. The van der Waals surface area contributed by atoms with Gasteiger partial charge in [-0.1, -0.05) is 17.3 Å². The topological polar surface area (TPSA) is 84.2 Å². The number of piperidine rings is 1. The van der Waals surface area contributed by atoms with Crippen LogP contribution in [-0.4, -0.2) is 39.1 Å². The SMILES string of the molecule is O=C(Nc1ccncc1)N1CCC[C@@H](c2nc(-c3cccc(F)c3)no2)C1. The standard InChI is InChI=1S/C19H18FN5O2/c20-15-5-1-3-13(11-15)17-23-18(27-24-17)14-4-2-10-25(12-14)19(26)22-16-6-8-21-9-7-16/h1,3,5-9,11,14H,2,4,10,12H2,(H,21,22,26)/t14-/m1/s1. The number of likely N-dealkylation sites (tertiary alicyclic amines) is 1. The molecule has 27 heavy (non-hydrogen) atoms. The van der Waals surface area contributed by atoms with E-state index in [0.29, 0.717) is 36.1 Å². The highest BCUT2D eigenvalue weighted by atomic mass is 19.1. The quantitative estimate of drug-likeness (QED) is 0.763. The van der Waals surface area contributed by atoms with E-state index in [4.69, 9.17) is 4.52 Å². The van der Waals surface area contributed by atoms with E-state index in [9.17, 15) is 9.18 Å². The van der Waals surface area contributed by atoms with Gasteiger partial charge in [-0.25, -0.2) is 9.18 Å². The molecule has 2 aromatic heterocycles. The lowest BCUT2D eigenvalue weighted by molar-refractivity contribution is 0.184. The molecule has 1 aliphatic heterocycles. The van der Waals surface area contributed by atoms with Crippen molar-refractivity contribution in [3.63, 3.8) is 0 Å². The van der Waals surface area contributed by atoms with E-state index in [-0.39, 0.29) is 17.8 Å². The van der Waals surface area contributed by atoms with E-state index in [2.05, 4.69) is 20.4 Å². The van der Waals surface area contributed by atoms with Crippen LogP contribution in [0.1, 0.15) is 24.7 Å². The van der Waals surface area contributed by atoms with Gasteiger partial charge >= 0.3 is 6.03 Å². The molecule has 7 nitrogen and oxygen atoms in total. The van der Waals surface area contributed by atoms with Gasteiger partial charge in [-0.2, -0.15) is 4.98 Å². The normalized spacial score (nSPS) is 16.9. The second kappa shape index (κ2) is 7.53. The summed E-state index contributed by atoms with van der Waals surface area (Å²) in [6.07, 6.45) is 4.94. The number of anilines is 1. The molecule has 1 saturated heterocycles. The van der Waals surface area contributed by atoms with Gasteiger partial charge in [-0.15, -0.1) is 0 Å². The highest BCUT2D eigenvalue weighted by Crippen LogP contribution is 2.28. The van der Waals surface area contributed by atoms with E-state index >= 15 is 0 Å². The van der Waals surface area contributed by atoms with Crippen LogP contribution in [0.15, 0.2) is 53.3 Å². The summed E-state index contributed by atoms with van der Waals surface area (Å²) in [5, 5.41) is 6.82. The Kier molecular flexibility index (Phi) is 4.78. The van der Waals surface area contributed by atoms with Gasteiger partial charge in [0.1, 0.15) is 5.82 Å². The summed E-state index contributed by atoms with van der Waals surface area (Å²) in [5.41, 5.74) is 1.26. The molecular formula is C19H18FN5O2. The maximum atomic E-state index is 13.4. The van der Waals surface area contributed by atoms with Gasteiger partial charge in [0.15, 0.2) is 0 Å². The Morgan fingerprint density at radius 1 is 1.26 bits per heavy atom. The molecule has 0 saturated carbocycles. The summed E-state index contributed by atoms with van der Waals surface area (Å²) >= 11 is 0. The number of nitrogens with zero attached hydrogens (tertiary/aromatic N) is 4. The second-order valence-electron chi connectivity index (χ2n) is 6.42. The number of rotatable bonds is 3. The highest BCUT2D eigenvalue weighted by molar-refractivity contribution is 5.89. The summed E-state index contributed by atoms with van der Waals surface area (Å²) in [6, 6.07) is 9.37. The number of amides is 2. The number of benzene rings is 1. The first-order chi connectivity index (χ1) is 13.2. The summed E-state index contributed by atoms with van der Waals surface area (Å²) in [4.78, 5) is 22.6. The van der Waals surface area contributed by atoms with Crippen LogP contribution in [-0.2, 0) is 0 Å². The molecule has 0 spiro atoms. The number of pyridine rings is 1. The second-order valence-corrected chi connectivity index (χ2v) is 6.42. The summed E-state index contributed by atoms with van der Waals surface area (Å²) in [6.45, 7) is 1.15. The Bertz CT molecular complexity index is 931. The number of carbonyl (C=O) groups is 1. The predicted molar refractivity (Wildman–Crippen MR) is 96.5 cm³/mol. The zero-order chi connectivity index (χ0) is 18.6. The Labute approximate surface area is 155 Å². The van der Waals surface area contributed by atoms with Crippen molar-refractivity contribution >= 4 is 11.7 Å². The lowest BCUT2D eigenvalue weighted by atomic mass is 9.98. The maximum absolute atomic E-state index is 13.4. The Balaban J connectivity index is 1.45. The molecular weight excluding hydrogens is 349 g/mol. The zero-order valence-corrected chi connectivity index (χ0v) is 14.5. The van der Waals surface area contributed by atoms with Crippen LogP contribution >= 0.6 is 0 Å². The van der Waals surface area contributed by atoms with Gasteiger partial charge in [0.25, 0.3) is 0 Å². The van der Waals surface area contributed by atoms with Crippen LogP contribution < -0.4 is 5.32 Å². The molecule has 1 aliphatic rings. The van der Waals surface area contributed by atoms with Crippen molar-refractivity contribution in [3.05, 3.63) is 60.5 Å². The minimum Gasteiger partial charge on any atom is -0.339 e. The van der Waals surface area contributed by atoms with Crippen LogP contribution in [0.25, 0.3) is 11.4 Å². The molecule has 138 valence electrons. The number of urea groups is 1. The number of carbonyl (C=O) groups excluding carboxylic acids is 1. The summed E-state index contributed by atoms with van der Waals surface area (Å²) in [5.74, 6) is 0.422. The van der Waals surface area contributed by atoms with Crippen molar-refractivity contribution in [2.45, 2.75) is 18.8 Å². The van der Waals surface area contributed by atoms with E-state index < -0.39 is 0 Å². The Morgan fingerprint density at radius 2 is 2.11 bits per heavy atom. The van der Waals surface area contributed by atoms with Gasteiger partial charge in [0.2, 0.25) is 11.7 Å². The average molecular weight is 367 g/mol. The molecule has 1 N–H and O–H groups in total. The monoisotopic (exact) mass is 367 g/mol. The van der Waals surface area contributed by atoms with Crippen molar-refractivity contribution in [3.8, 4) is 11.4 Å². The number of halogens is 1. The number of hydrogen-bond acceptors (Lipinski definition) is 5. The summed E-state index contributed by atoms with van der Waals surface area (Å²) < 4.78 is 18.8. The van der Waals surface area contributed by atoms with Crippen molar-refractivity contribution in [1.82, 2.24) is 20.0 Å². The molecule has 3 heterocycles. The maximum Gasteiger partial charge on any atom is 0.321 e. The average Bonchev–Trinajstić information content (AvgIpc) is 3.19. The largest absolute Gasteiger partial charge is 0.339 e. The van der Waals surface area contributed by atoms with E-state index in [1.807, 2.05) is 0 Å². The molecule has 1 atom stereocenters. The minimum absolute atomic E-state index is 0.0447. The molecule has 0 aliphatic carbocycles. The van der Waals surface area contributed by atoms with Gasteiger partial charge in [0, 0.05) is 36.7 Å². The number of nitrogens with one attached hydrogen (secondary N) is 1. The van der Waals surface area contributed by atoms with E-state index in [1.165, 1.54) is 12.1 Å². The fraction of sp³-hybridized carbons (Fsp3) is 0.263. The minimum atomic E-state index is -0.351. The van der Waals surface area contributed by atoms with Crippen molar-refractivity contribution in [2.24, 2.45) is 0 Å². The molecule has 3 aromatic rings. The first-order valence-corrected chi connectivity index (χ1v) is 8.74. The van der Waals surface area contributed by atoms with Crippen molar-refractivity contribution in [2.75, 3.05) is 18.4 Å². The third kappa shape index (κ3) is 3.94. The molecule has 0 bridgehead atoms. The van der Waals surface area contributed by atoms with Crippen molar-refractivity contribution in [1.29, 1.82) is 0 Å². The number of hydrogen-bond donors (Lipinski definition) is 1. The number of aromatic nitrogens is 3. The third-order valence-electron chi connectivity index (χ3n) is 4.51. The zero-order valence-electron chi connectivity index (χ0n) is 14.5. The fourth-order valence-corrected chi connectivity index (χ4v) is 3.15. The molecule has 2 amide bonds. The van der Waals surface area contributed by atoms with Crippen LogP contribution in [0, 0.1) is 5.82 Å². The smallest absolute Gasteiger partial charge is 0.321 e. The molecule has 0 radical (unpaired) electrons. The van der Waals surface area contributed by atoms with Crippen molar-refractivity contribution < 1.29 is 13.7 Å². The third-order valence-corrected chi connectivity index (χ3v) is 4.51. The summed E-state index contributed by atoms with van der Waals surface area (Å²) in [7, 11) is 0. The molecule has 0 unspecified atom stereocenters. The van der Waals surface area contributed by atoms with Gasteiger partial charge in [-0.05, 0) is 37.1 Å². The van der Waals surface area contributed by atoms with Crippen LogP contribution in [0.2, 0.25) is 0 Å². The Morgan fingerprint density at radius 3 is 2.93 bits per heavy atom. The van der Waals surface area contributed by atoms with E-state index in [1.54, 1.807) is 41.6 Å². The fourth-order valence-electron chi connectivity index (χ4n) is 3.15. The lowest BCUT2D eigenvalue weighted by Gasteiger charge is -2.31.